The van der Waals surface area contributed by atoms with Gasteiger partial charge in [0.2, 0.25) is 10.0 Å². The van der Waals surface area contributed by atoms with Crippen molar-refractivity contribution in [2.24, 2.45) is 0 Å². The average molecular weight is 392 g/mol. The maximum atomic E-state index is 13.3. The lowest BCUT2D eigenvalue weighted by Gasteiger charge is -2.43. The quantitative estimate of drug-likeness (QED) is 0.818. The van der Waals surface area contributed by atoms with Gasteiger partial charge >= 0.3 is 0 Å². The Balaban J connectivity index is 1.78. The first kappa shape index (κ1) is 19.5. The number of amides is 1. The largest absolute Gasteiger partial charge is 0.357 e. The smallest absolute Gasteiger partial charge is 0.255 e. The van der Waals surface area contributed by atoms with E-state index >= 15 is 0 Å². The molecule has 1 aliphatic heterocycles. The molecule has 1 amide bonds. The first-order valence-corrected chi connectivity index (χ1v) is 9.96. The number of benzene rings is 2. The second-order valence-electron chi connectivity index (χ2n) is 6.91. The van der Waals surface area contributed by atoms with Crippen molar-refractivity contribution in [1.82, 2.24) is 4.72 Å². The van der Waals surface area contributed by atoms with E-state index in [0.29, 0.717) is 17.7 Å². The molecule has 27 heavy (non-hydrogen) atoms. The highest BCUT2D eigenvalue weighted by atomic mass is 32.2. The van der Waals surface area contributed by atoms with E-state index in [2.05, 4.69) is 10.0 Å². The number of hydrogen-bond acceptors (Lipinski definition) is 4. The van der Waals surface area contributed by atoms with Crippen LogP contribution in [0.15, 0.2) is 47.4 Å². The van der Waals surface area contributed by atoms with Crippen LogP contribution < -0.4 is 10.0 Å². The summed E-state index contributed by atoms with van der Waals surface area (Å²) in [7, 11) is -3.85. The van der Waals surface area contributed by atoms with E-state index in [9.17, 15) is 17.6 Å². The van der Waals surface area contributed by atoms with Crippen LogP contribution in [0.1, 0.15) is 36.2 Å². The highest BCUT2D eigenvalue weighted by Gasteiger charge is 2.42. The molecule has 0 aromatic heterocycles. The Morgan fingerprint density at radius 1 is 1.26 bits per heavy atom. The fraction of sp³-hybridized carbons (Fsp3) is 0.316. The second-order valence-corrected chi connectivity index (χ2v) is 8.60. The maximum absolute atomic E-state index is 13.3. The summed E-state index contributed by atoms with van der Waals surface area (Å²) >= 11 is 0. The van der Waals surface area contributed by atoms with Gasteiger partial charge in [-0.1, -0.05) is 6.07 Å². The normalized spacial score (nSPS) is 22.1. The molecule has 0 saturated carbocycles. The molecule has 0 radical (unpaired) electrons. The SMILES string of the molecule is Cc1cc(NC(=O)c2cccc(S(=O)(=O)NC3(C)CC(C)O3)c2)ccc1F. The predicted octanol–water partition coefficient (Wildman–Crippen LogP) is 3.19. The molecule has 2 aromatic rings. The summed E-state index contributed by atoms with van der Waals surface area (Å²) in [4.78, 5) is 12.4. The van der Waals surface area contributed by atoms with Crippen molar-refractivity contribution in [3.63, 3.8) is 0 Å². The molecule has 144 valence electrons. The Morgan fingerprint density at radius 2 is 1.96 bits per heavy atom. The van der Waals surface area contributed by atoms with Gasteiger partial charge in [-0.3, -0.25) is 4.79 Å². The van der Waals surface area contributed by atoms with E-state index in [4.69, 9.17) is 4.74 Å². The van der Waals surface area contributed by atoms with Gasteiger partial charge in [0.15, 0.2) is 0 Å². The number of ether oxygens (including phenoxy) is 1. The van der Waals surface area contributed by atoms with Crippen molar-refractivity contribution in [3.05, 3.63) is 59.4 Å². The molecule has 0 aliphatic carbocycles. The van der Waals surface area contributed by atoms with E-state index in [-0.39, 0.29) is 22.4 Å². The Kier molecular flexibility index (Phi) is 5.07. The van der Waals surface area contributed by atoms with Gasteiger partial charge in [0, 0.05) is 17.7 Å². The third-order valence-corrected chi connectivity index (χ3v) is 5.89. The zero-order chi connectivity index (χ0) is 19.8. The molecule has 0 spiro atoms. The van der Waals surface area contributed by atoms with Gasteiger partial charge < -0.3 is 10.1 Å². The summed E-state index contributed by atoms with van der Waals surface area (Å²) in [6, 6.07) is 9.91. The first-order valence-electron chi connectivity index (χ1n) is 8.47. The molecule has 2 atom stereocenters. The molecule has 1 saturated heterocycles. The van der Waals surface area contributed by atoms with Crippen molar-refractivity contribution in [2.45, 2.75) is 43.9 Å². The van der Waals surface area contributed by atoms with E-state index < -0.39 is 21.7 Å². The van der Waals surface area contributed by atoms with Crippen LogP contribution in [-0.2, 0) is 14.8 Å². The lowest BCUT2D eigenvalue weighted by molar-refractivity contribution is -0.192. The number of hydrogen-bond donors (Lipinski definition) is 2. The lowest BCUT2D eigenvalue weighted by atomic mass is 10.0. The summed E-state index contributed by atoms with van der Waals surface area (Å²) in [5.74, 6) is -0.856. The molecular weight excluding hydrogens is 371 g/mol. The van der Waals surface area contributed by atoms with Gasteiger partial charge in [-0.25, -0.2) is 12.8 Å². The minimum Gasteiger partial charge on any atom is -0.357 e. The molecular formula is C19H21FN2O4S. The average Bonchev–Trinajstić information content (AvgIpc) is 2.56. The van der Waals surface area contributed by atoms with Crippen LogP contribution in [0.5, 0.6) is 0 Å². The molecule has 0 bridgehead atoms. The minimum absolute atomic E-state index is 0.00558. The summed E-state index contributed by atoms with van der Waals surface area (Å²) in [5.41, 5.74) is 0.0566. The van der Waals surface area contributed by atoms with E-state index in [1.54, 1.807) is 13.8 Å². The summed E-state index contributed by atoms with van der Waals surface area (Å²) in [6.07, 6.45) is 0.560. The number of carbonyl (C=O) groups excluding carboxylic acids is 1. The molecule has 1 heterocycles. The summed E-state index contributed by atoms with van der Waals surface area (Å²) in [6.45, 7) is 5.12. The van der Waals surface area contributed by atoms with Gasteiger partial charge in [0.1, 0.15) is 11.5 Å². The molecule has 2 unspecified atom stereocenters. The van der Waals surface area contributed by atoms with E-state index in [1.807, 2.05) is 6.92 Å². The number of carbonyl (C=O) groups is 1. The van der Waals surface area contributed by atoms with Crippen LogP contribution in [0, 0.1) is 12.7 Å². The standard InChI is InChI=1S/C19H21FN2O4S/c1-12-9-15(7-8-17(12)20)21-18(23)14-5-4-6-16(10-14)27(24,25)22-19(3)11-13(2)26-19/h4-10,13,22H,11H2,1-3H3,(H,21,23). The van der Waals surface area contributed by atoms with Crippen LogP contribution in [0.25, 0.3) is 0 Å². The number of anilines is 1. The molecule has 8 heteroatoms. The number of aryl methyl sites for hydroxylation is 1. The van der Waals surface area contributed by atoms with Gasteiger partial charge in [0.25, 0.3) is 5.91 Å². The Bertz CT molecular complexity index is 985. The monoisotopic (exact) mass is 392 g/mol. The fourth-order valence-electron chi connectivity index (χ4n) is 3.12. The number of nitrogens with one attached hydrogen (secondary N) is 2. The fourth-order valence-corrected chi connectivity index (χ4v) is 4.48. The van der Waals surface area contributed by atoms with Crippen LogP contribution >= 0.6 is 0 Å². The molecule has 1 aliphatic rings. The topological polar surface area (TPSA) is 84.5 Å². The summed E-state index contributed by atoms with van der Waals surface area (Å²) < 4.78 is 46.5. The maximum Gasteiger partial charge on any atom is 0.255 e. The van der Waals surface area contributed by atoms with Gasteiger partial charge in [-0.05, 0) is 62.7 Å². The molecule has 6 nitrogen and oxygen atoms in total. The van der Waals surface area contributed by atoms with Gasteiger partial charge in [-0.15, -0.1) is 0 Å². The van der Waals surface area contributed by atoms with Crippen LogP contribution in [0.2, 0.25) is 0 Å². The van der Waals surface area contributed by atoms with Gasteiger partial charge in [-0.2, -0.15) is 4.72 Å². The third kappa shape index (κ3) is 4.35. The number of halogens is 1. The number of sulfonamides is 1. The highest BCUT2D eigenvalue weighted by molar-refractivity contribution is 7.89. The number of rotatable bonds is 5. The Labute approximate surface area is 157 Å². The third-order valence-electron chi connectivity index (χ3n) is 4.31. The lowest BCUT2D eigenvalue weighted by Crippen LogP contribution is -2.58. The van der Waals surface area contributed by atoms with E-state index in [1.165, 1.54) is 42.5 Å². The van der Waals surface area contributed by atoms with Crippen molar-refractivity contribution in [1.29, 1.82) is 0 Å². The van der Waals surface area contributed by atoms with Gasteiger partial charge in [0.05, 0.1) is 11.0 Å². The summed E-state index contributed by atoms with van der Waals surface area (Å²) in [5, 5.41) is 2.64. The predicted molar refractivity (Wildman–Crippen MR) is 99.4 cm³/mol. The minimum atomic E-state index is -3.85. The van der Waals surface area contributed by atoms with Crippen molar-refractivity contribution in [2.75, 3.05) is 5.32 Å². The van der Waals surface area contributed by atoms with E-state index in [0.717, 1.165) is 0 Å². The zero-order valence-electron chi connectivity index (χ0n) is 15.2. The van der Waals surface area contributed by atoms with Crippen LogP contribution in [0.4, 0.5) is 10.1 Å². The van der Waals surface area contributed by atoms with Crippen molar-refractivity contribution < 1.29 is 22.3 Å². The second kappa shape index (κ2) is 7.03. The molecule has 3 rings (SSSR count). The Hall–Kier alpha value is -2.29. The zero-order valence-corrected chi connectivity index (χ0v) is 16.1. The van der Waals surface area contributed by atoms with Crippen molar-refractivity contribution in [3.8, 4) is 0 Å². The van der Waals surface area contributed by atoms with Crippen LogP contribution in [-0.4, -0.2) is 26.2 Å². The first-order chi connectivity index (χ1) is 12.6. The Morgan fingerprint density at radius 3 is 2.59 bits per heavy atom. The molecule has 2 N–H and O–H groups in total. The van der Waals surface area contributed by atoms with Crippen LogP contribution in [0.3, 0.4) is 0 Å². The molecule has 2 aromatic carbocycles. The highest BCUT2D eigenvalue weighted by Crippen LogP contribution is 2.31. The molecule has 1 fully saturated rings. The van der Waals surface area contributed by atoms with Crippen molar-refractivity contribution >= 4 is 21.6 Å².